The summed E-state index contributed by atoms with van der Waals surface area (Å²) >= 11 is 0. The molecule has 0 N–H and O–H groups in total. The number of amides is 1. The van der Waals surface area contributed by atoms with Crippen LogP contribution in [0.25, 0.3) is 0 Å². The van der Waals surface area contributed by atoms with Crippen molar-refractivity contribution in [3.63, 3.8) is 0 Å². The van der Waals surface area contributed by atoms with E-state index < -0.39 is 0 Å². The number of rotatable bonds is 6. The fraction of sp³-hybridized carbons (Fsp3) is 0.786. The molecule has 0 bridgehead atoms. The Morgan fingerprint density at radius 1 is 1.53 bits per heavy atom. The van der Waals surface area contributed by atoms with Gasteiger partial charge in [0.2, 0.25) is 5.91 Å². The van der Waals surface area contributed by atoms with E-state index in [9.17, 15) is 4.79 Å². The molecule has 17 heavy (non-hydrogen) atoms. The van der Waals surface area contributed by atoms with Crippen LogP contribution in [0.5, 0.6) is 0 Å². The molecule has 0 aromatic carbocycles. The molecule has 3 heteroatoms. The van der Waals surface area contributed by atoms with Crippen LogP contribution in [-0.2, 0) is 9.53 Å². The second-order valence-corrected chi connectivity index (χ2v) is 5.41. The summed E-state index contributed by atoms with van der Waals surface area (Å²) in [5.74, 6) is 0.309. The summed E-state index contributed by atoms with van der Waals surface area (Å²) in [5.41, 5.74) is -0.224. The van der Waals surface area contributed by atoms with Crippen LogP contribution in [0.2, 0.25) is 0 Å². The van der Waals surface area contributed by atoms with E-state index in [2.05, 4.69) is 6.58 Å². The lowest BCUT2D eigenvalue weighted by atomic mass is 10.1. The first kappa shape index (κ1) is 12.6. The lowest BCUT2D eigenvalue weighted by Crippen LogP contribution is -2.35. The van der Waals surface area contributed by atoms with Crippen molar-refractivity contribution in [1.82, 2.24) is 4.90 Å². The lowest BCUT2D eigenvalue weighted by Gasteiger charge is -2.20. The number of nitrogens with zero attached hydrogens (tertiary/aromatic N) is 1. The summed E-state index contributed by atoms with van der Waals surface area (Å²) in [4.78, 5) is 14.3. The normalized spacial score (nSPS) is 31.6. The molecule has 2 rings (SSSR count). The van der Waals surface area contributed by atoms with Crippen molar-refractivity contribution in [2.45, 2.75) is 45.1 Å². The van der Waals surface area contributed by atoms with Crippen LogP contribution in [0, 0.1) is 5.41 Å². The molecule has 1 aliphatic heterocycles. The van der Waals surface area contributed by atoms with Gasteiger partial charge in [0.05, 0.1) is 11.5 Å². The largest absolute Gasteiger partial charge is 0.377 e. The molecule has 1 saturated heterocycles. The fourth-order valence-corrected chi connectivity index (χ4v) is 2.53. The minimum Gasteiger partial charge on any atom is -0.377 e. The molecule has 0 aromatic heterocycles. The monoisotopic (exact) mass is 237 g/mol. The van der Waals surface area contributed by atoms with Crippen molar-refractivity contribution in [2.75, 3.05) is 19.7 Å². The van der Waals surface area contributed by atoms with Crippen LogP contribution >= 0.6 is 0 Å². The van der Waals surface area contributed by atoms with E-state index in [1.807, 2.05) is 17.9 Å². The molecular formula is C14H23NO2. The average molecular weight is 237 g/mol. The minimum absolute atomic E-state index is 0.153. The zero-order valence-corrected chi connectivity index (χ0v) is 10.8. The van der Waals surface area contributed by atoms with Crippen molar-refractivity contribution < 1.29 is 9.53 Å². The smallest absolute Gasteiger partial charge is 0.231 e. The highest BCUT2D eigenvalue weighted by Crippen LogP contribution is 2.49. The maximum Gasteiger partial charge on any atom is 0.231 e. The third kappa shape index (κ3) is 2.71. The number of hydrogen-bond acceptors (Lipinski definition) is 2. The molecule has 2 aliphatic rings. The molecule has 0 radical (unpaired) electrons. The SMILES string of the molecule is C=CCCCO[C@@H]1C[C@]1(C)C(=O)N1CCCC1. The molecule has 96 valence electrons. The van der Waals surface area contributed by atoms with Gasteiger partial charge in [0.15, 0.2) is 0 Å². The van der Waals surface area contributed by atoms with Crippen molar-refractivity contribution in [2.24, 2.45) is 5.41 Å². The zero-order chi connectivity index (χ0) is 12.3. The van der Waals surface area contributed by atoms with Gasteiger partial charge in [0.1, 0.15) is 0 Å². The standard InChI is InChI=1S/C14H23NO2/c1-3-4-7-10-17-12-11-14(12,2)13(16)15-8-5-6-9-15/h3,12H,1,4-11H2,2H3/t12-,14+/m1/s1. The molecule has 2 atom stereocenters. The maximum atomic E-state index is 12.3. The summed E-state index contributed by atoms with van der Waals surface area (Å²) in [6.45, 7) is 8.37. The van der Waals surface area contributed by atoms with E-state index in [4.69, 9.17) is 4.74 Å². The predicted molar refractivity (Wildman–Crippen MR) is 67.7 cm³/mol. The summed E-state index contributed by atoms with van der Waals surface area (Å²) in [6.07, 6.45) is 7.28. The quantitative estimate of drug-likeness (QED) is 0.524. The molecular weight excluding hydrogens is 214 g/mol. The molecule has 0 unspecified atom stereocenters. The number of allylic oxidation sites excluding steroid dienone is 1. The summed E-state index contributed by atoms with van der Waals surface area (Å²) in [7, 11) is 0. The lowest BCUT2D eigenvalue weighted by molar-refractivity contribution is -0.137. The molecule has 0 aromatic rings. The third-order valence-electron chi connectivity index (χ3n) is 3.91. The predicted octanol–water partition coefficient (Wildman–Crippen LogP) is 2.37. The Morgan fingerprint density at radius 2 is 2.24 bits per heavy atom. The summed E-state index contributed by atoms with van der Waals surface area (Å²) in [5, 5.41) is 0. The molecule has 1 amide bonds. The van der Waals surface area contributed by atoms with E-state index in [1.54, 1.807) is 0 Å². The third-order valence-corrected chi connectivity index (χ3v) is 3.91. The van der Waals surface area contributed by atoms with E-state index in [0.29, 0.717) is 5.91 Å². The van der Waals surface area contributed by atoms with Gasteiger partial charge in [-0.05, 0) is 39.0 Å². The number of likely N-dealkylation sites (tertiary alicyclic amines) is 1. The van der Waals surface area contributed by atoms with Crippen LogP contribution < -0.4 is 0 Å². The van der Waals surface area contributed by atoms with Gasteiger partial charge in [-0.2, -0.15) is 0 Å². The van der Waals surface area contributed by atoms with Crippen molar-refractivity contribution in [3.8, 4) is 0 Å². The zero-order valence-electron chi connectivity index (χ0n) is 10.8. The molecule has 3 nitrogen and oxygen atoms in total. The maximum absolute atomic E-state index is 12.3. The van der Waals surface area contributed by atoms with E-state index >= 15 is 0 Å². The van der Waals surface area contributed by atoms with Crippen molar-refractivity contribution in [1.29, 1.82) is 0 Å². The number of hydrogen-bond donors (Lipinski definition) is 0. The Morgan fingerprint density at radius 3 is 2.88 bits per heavy atom. The summed E-state index contributed by atoms with van der Waals surface area (Å²) < 4.78 is 5.76. The van der Waals surface area contributed by atoms with Crippen LogP contribution in [0.3, 0.4) is 0 Å². The summed E-state index contributed by atoms with van der Waals surface area (Å²) in [6, 6.07) is 0. The molecule has 0 spiro atoms. The van der Waals surface area contributed by atoms with Gasteiger partial charge in [-0.1, -0.05) is 6.08 Å². The second-order valence-electron chi connectivity index (χ2n) is 5.41. The van der Waals surface area contributed by atoms with Gasteiger partial charge in [-0.25, -0.2) is 0 Å². The van der Waals surface area contributed by atoms with Gasteiger partial charge in [0.25, 0.3) is 0 Å². The van der Waals surface area contributed by atoms with Crippen LogP contribution in [0.1, 0.15) is 39.0 Å². The Labute approximate surface area is 104 Å². The fourth-order valence-electron chi connectivity index (χ4n) is 2.53. The first-order valence-electron chi connectivity index (χ1n) is 6.70. The van der Waals surface area contributed by atoms with Gasteiger partial charge < -0.3 is 9.64 Å². The van der Waals surface area contributed by atoms with E-state index in [-0.39, 0.29) is 11.5 Å². The highest BCUT2D eigenvalue weighted by atomic mass is 16.5. The van der Waals surface area contributed by atoms with Crippen LogP contribution in [0.4, 0.5) is 0 Å². The first-order chi connectivity index (χ1) is 8.18. The molecule has 1 saturated carbocycles. The topological polar surface area (TPSA) is 29.5 Å². The Bertz CT molecular complexity index is 297. The Kier molecular flexibility index (Phi) is 3.87. The van der Waals surface area contributed by atoms with Crippen molar-refractivity contribution in [3.05, 3.63) is 12.7 Å². The molecule has 1 aliphatic carbocycles. The van der Waals surface area contributed by atoms with E-state index in [1.165, 1.54) is 0 Å². The van der Waals surface area contributed by atoms with Crippen LogP contribution in [0.15, 0.2) is 12.7 Å². The van der Waals surface area contributed by atoms with Crippen LogP contribution in [-0.4, -0.2) is 36.6 Å². The van der Waals surface area contributed by atoms with Gasteiger partial charge in [-0.3, -0.25) is 4.79 Å². The number of unbranched alkanes of at least 4 members (excludes halogenated alkanes) is 1. The van der Waals surface area contributed by atoms with E-state index in [0.717, 1.165) is 51.8 Å². The average Bonchev–Trinajstić information content (AvgIpc) is 2.80. The van der Waals surface area contributed by atoms with Gasteiger partial charge in [0, 0.05) is 19.7 Å². The molecule has 1 heterocycles. The highest BCUT2D eigenvalue weighted by Gasteiger charge is 2.58. The number of ether oxygens (including phenoxy) is 1. The van der Waals surface area contributed by atoms with Gasteiger partial charge >= 0.3 is 0 Å². The van der Waals surface area contributed by atoms with Gasteiger partial charge in [-0.15, -0.1) is 6.58 Å². The Balaban J connectivity index is 1.74. The van der Waals surface area contributed by atoms with Crippen molar-refractivity contribution >= 4 is 5.91 Å². The molecule has 2 fully saturated rings. The number of carbonyl (C=O) groups excluding carboxylic acids is 1. The first-order valence-corrected chi connectivity index (χ1v) is 6.70. The second kappa shape index (κ2) is 5.21. The minimum atomic E-state index is -0.224. The highest BCUT2D eigenvalue weighted by molar-refractivity contribution is 5.86. The number of carbonyl (C=O) groups is 1. The Hall–Kier alpha value is -0.830.